The number of likely N-dealkylation sites (N-methyl/N-ethyl adjacent to an activating group) is 2. The normalized spacial score (nSPS) is 13.0. The first kappa shape index (κ1) is 18.3. The van der Waals surface area contributed by atoms with E-state index in [9.17, 15) is 9.59 Å². The second kappa shape index (κ2) is 8.60. The lowest BCUT2D eigenvalue weighted by atomic mass is 10.2. The third-order valence-corrected chi connectivity index (χ3v) is 3.48. The fraction of sp³-hybridized carbons (Fsp3) is 0.467. The van der Waals surface area contributed by atoms with E-state index in [4.69, 9.17) is 4.74 Å². The van der Waals surface area contributed by atoms with Gasteiger partial charge in [-0.15, -0.1) is 12.4 Å². The maximum atomic E-state index is 12.0. The van der Waals surface area contributed by atoms with Crippen molar-refractivity contribution in [3.05, 3.63) is 24.3 Å². The molecule has 1 aliphatic heterocycles. The van der Waals surface area contributed by atoms with Crippen LogP contribution in [0, 0.1) is 0 Å². The minimum atomic E-state index is -0.112. The Morgan fingerprint density at radius 3 is 2.86 bits per heavy atom. The minimum Gasteiger partial charge on any atom is -0.482 e. The first-order valence-electron chi connectivity index (χ1n) is 7.04. The summed E-state index contributed by atoms with van der Waals surface area (Å²) in [6, 6.07) is 7.38. The van der Waals surface area contributed by atoms with Gasteiger partial charge in [-0.3, -0.25) is 9.59 Å². The van der Waals surface area contributed by atoms with Gasteiger partial charge in [0.25, 0.3) is 5.91 Å². The molecule has 2 amide bonds. The van der Waals surface area contributed by atoms with E-state index < -0.39 is 0 Å². The molecule has 7 heteroatoms. The standard InChI is InChI=1S/C15H21N3O3.ClH/c1-16-8-10-17(2)14(19)7-9-18-12-5-3-4-6-13(12)21-11-15(18)20;/h3-6,16H,7-11H2,1-2H3;1H. The predicted molar refractivity (Wildman–Crippen MR) is 87.7 cm³/mol. The van der Waals surface area contributed by atoms with Gasteiger partial charge in [0.2, 0.25) is 5.91 Å². The average Bonchev–Trinajstić information content (AvgIpc) is 2.51. The fourth-order valence-electron chi connectivity index (χ4n) is 2.20. The van der Waals surface area contributed by atoms with Gasteiger partial charge in [-0.05, 0) is 19.2 Å². The molecule has 1 aromatic rings. The SMILES string of the molecule is CNCCN(C)C(=O)CCN1C(=O)COc2ccccc21.Cl. The smallest absolute Gasteiger partial charge is 0.265 e. The van der Waals surface area contributed by atoms with Crippen LogP contribution in [0.5, 0.6) is 5.75 Å². The van der Waals surface area contributed by atoms with Crippen molar-refractivity contribution in [3.63, 3.8) is 0 Å². The second-order valence-electron chi connectivity index (χ2n) is 4.97. The van der Waals surface area contributed by atoms with E-state index in [0.717, 1.165) is 12.2 Å². The number of rotatable bonds is 6. The maximum Gasteiger partial charge on any atom is 0.265 e. The molecule has 0 aromatic heterocycles. The Kier molecular flexibility index (Phi) is 7.14. The van der Waals surface area contributed by atoms with E-state index in [1.165, 1.54) is 0 Å². The van der Waals surface area contributed by atoms with E-state index in [-0.39, 0.29) is 30.8 Å². The van der Waals surface area contributed by atoms with Crippen LogP contribution in [-0.2, 0) is 9.59 Å². The molecule has 0 saturated carbocycles. The van der Waals surface area contributed by atoms with E-state index in [1.807, 2.05) is 31.3 Å². The Morgan fingerprint density at radius 2 is 2.14 bits per heavy atom. The molecule has 0 aliphatic carbocycles. The molecule has 0 spiro atoms. The molecule has 1 heterocycles. The Morgan fingerprint density at radius 1 is 1.41 bits per heavy atom. The molecule has 1 N–H and O–H groups in total. The van der Waals surface area contributed by atoms with Gasteiger partial charge in [0, 0.05) is 33.1 Å². The van der Waals surface area contributed by atoms with Crippen molar-refractivity contribution in [3.8, 4) is 5.75 Å². The summed E-state index contributed by atoms with van der Waals surface area (Å²) in [5.41, 5.74) is 0.736. The molecule has 0 saturated heterocycles. The van der Waals surface area contributed by atoms with Crippen LogP contribution in [0.3, 0.4) is 0 Å². The molecule has 0 bridgehead atoms. The number of para-hydroxylation sites is 2. The highest BCUT2D eigenvalue weighted by molar-refractivity contribution is 5.98. The number of hydrogen-bond acceptors (Lipinski definition) is 4. The Labute approximate surface area is 136 Å². The zero-order valence-electron chi connectivity index (χ0n) is 12.9. The molecule has 2 rings (SSSR count). The van der Waals surface area contributed by atoms with Crippen LogP contribution in [0.4, 0.5) is 5.69 Å². The van der Waals surface area contributed by atoms with Gasteiger partial charge >= 0.3 is 0 Å². The summed E-state index contributed by atoms with van der Waals surface area (Å²) in [6.07, 6.45) is 0.306. The molecule has 1 aliphatic rings. The summed E-state index contributed by atoms with van der Waals surface area (Å²) in [4.78, 5) is 27.3. The van der Waals surface area contributed by atoms with Crippen molar-refractivity contribution < 1.29 is 14.3 Å². The van der Waals surface area contributed by atoms with E-state index >= 15 is 0 Å². The summed E-state index contributed by atoms with van der Waals surface area (Å²) in [6.45, 7) is 1.81. The average molecular weight is 328 g/mol. The highest BCUT2D eigenvalue weighted by Gasteiger charge is 2.25. The van der Waals surface area contributed by atoms with E-state index in [0.29, 0.717) is 25.3 Å². The quantitative estimate of drug-likeness (QED) is 0.843. The second-order valence-corrected chi connectivity index (χ2v) is 4.97. The number of anilines is 1. The first-order chi connectivity index (χ1) is 10.1. The Balaban J connectivity index is 0.00000242. The minimum absolute atomic E-state index is 0. The van der Waals surface area contributed by atoms with Crippen LogP contribution in [0.15, 0.2) is 24.3 Å². The molecular weight excluding hydrogens is 306 g/mol. The van der Waals surface area contributed by atoms with Gasteiger partial charge in [-0.25, -0.2) is 0 Å². The van der Waals surface area contributed by atoms with Crippen LogP contribution < -0.4 is 15.0 Å². The maximum absolute atomic E-state index is 12.0. The zero-order chi connectivity index (χ0) is 15.2. The van der Waals surface area contributed by atoms with Crippen molar-refractivity contribution in [2.45, 2.75) is 6.42 Å². The van der Waals surface area contributed by atoms with Crippen LogP contribution in [0.2, 0.25) is 0 Å². The molecule has 122 valence electrons. The van der Waals surface area contributed by atoms with Gasteiger partial charge in [-0.2, -0.15) is 0 Å². The lowest BCUT2D eigenvalue weighted by molar-refractivity contribution is -0.129. The van der Waals surface area contributed by atoms with E-state index in [2.05, 4.69) is 5.32 Å². The van der Waals surface area contributed by atoms with Gasteiger partial charge in [0.1, 0.15) is 5.75 Å². The van der Waals surface area contributed by atoms with Crippen LogP contribution in [0.1, 0.15) is 6.42 Å². The summed E-state index contributed by atoms with van der Waals surface area (Å²) in [5, 5.41) is 3.00. The number of amides is 2. The third-order valence-electron chi connectivity index (χ3n) is 3.48. The van der Waals surface area contributed by atoms with Crippen LogP contribution in [-0.4, -0.2) is 57.1 Å². The number of ether oxygens (including phenoxy) is 1. The lowest BCUT2D eigenvalue weighted by Gasteiger charge is -2.29. The Hall–Kier alpha value is -1.79. The molecule has 1 aromatic carbocycles. The molecule has 0 atom stereocenters. The number of nitrogens with one attached hydrogen (secondary N) is 1. The highest BCUT2D eigenvalue weighted by Crippen LogP contribution is 2.31. The topological polar surface area (TPSA) is 61.9 Å². The molecule has 6 nitrogen and oxygen atoms in total. The van der Waals surface area contributed by atoms with Gasteiger partial charge in [0.05, 0.1) is 5.69 Å². The highest BCUT2D eigenvalue weighted by atomic mass is 35.5. The predicted octanol–water partition coefficient (Wildman–Crippen LogP) is 0.902. The summed E-state index contributed by atoms with van der Waals surface area (Å²) in [5.74, 6) is 0.606. The summed E-state index contributed by atoms with van der Waals surface area (Å²) in [7, 11) is 3.62. The monoisotopic (exact) mass is 327 g/mol. The molecule has 22 heavy (non-hydrogen) atoms. The van der Waals surface area contributed by atoms with Crippen LogP contribution >= 0.6 is 12.4 Å². The van der Waals surface area contributed by atoms with Crippen molar-refractivity contribution in [1.29, 1.82) is 0 Å². The molecular formula is C15H22ClN3O3. The lowest BCUT2D eigenvalue weighted by Crippen LogP contribution is -2.41. The first-order valence-corrected chi connectivity index (χ1v) is 7.04. The summed E-state index contributed by atoms with van der Waals surface area (Å²) >= 11 is 0. The van der Waals surface area contributed by atoms with Crippen molar-refractivity contribution in [2.75, 3.05) is 45.2 Å². The molecule has 0 radical (unpaired) electrons. The number of fused-ring (bicyclic) bond motifs is 1. The van der Waals surface area contributed by atoms with E-state index in [1.54, 1.807) is 16.8 Å². The van der Waals surface area contributed by atoms with Crippen LogP contribution in [0.25, 0.3) is 0 Å². The molecule has 0 fully saturated rings. The Bertz CT molecular complexity index is 525. The van der Waals surface area contributed by atoms with Gasteiger partial charge in [0.15, 0.2) is 6.61 Å². The number of nitrogens with zero attached hydrogens (tertiary/aromatic N) is 2. The number of benzene rings is 1. The third kappa shape index (κ3) is 4.35. The number of carbonyl (C=O) groups is 2. The van der Waals surface area contributed by atoms with Crippen molar-refractivity contribution in [1.82, 2.24) is 10.2 Å². The largest absolute Gasteiger partial charge is 0.482 e. The van der Waals surface area contributed by atoms with Crippen molar-refractivity contribution in [2.24, 2.45) is 0 Å². The number of carbonyl (C=O) groups excluding carboxylic acids is 2. The number of halogens is 1. The molecule has 0 unspecified atom stereocenters. The summed E-state index contributed by atoms with van der Waals surface area (Å²) < 4.78 is 5.38. The van der Waals surface area contributed by atoms with Crippen molar-refractivity contribution >= 4 is 29.9 Å². The van der Waals surface area contributed by atoms with Gasteiger partial charge in [-0.1, -0.05) is 12.1 Å². The zero-order valence-corrected chi connectivity index (χ0v) is 13.7. The fourth-order valence-corrected chi connectivity index (χ4v) is 2.20. The number of hydrogen-bond donors (Lipinski definition) is 1. The van der Waals surface area contributed by atoms with Gasteiger partial charge < -0.3 is 19.9 Å².